The quantitative estimate of drug-likeness (QED) is 0.118. The number of esters is 1. The number of unbranched alkanes of at least 4 members (excludes halogenated alkanes) is 12. The van der Waals surface area contributed by atoms with Gasteiger partial charge < -0.3 is 14.9 Å². The first-order valence-electron chi connectivity index (χ1n) is 16.5. The van der Waals surface area contributed by atoms with Gasteiger partial charge in [-0.25, -0.2) is 4.79 Å². The molecule has 226 valence electrons. The summed E-state index contributed by atoms with van der Waals surface area (Å²) in [6.07, 6.45) is 18.4. The average Bonchev–Trinajstić information content (AvgIpc) is 3.29. The van der Waals surface area contributed by atoms with E-state index in [-0.39, 0.29) is 17.5 Å². The third kappa shape index (κ3) is 7.56. The Balaban J connectivity index is 1.69. The molecule has 0 atom stereocenters. The first-order chi connectivity index (χ1) is 20.5. The van der Waals surface area contributed by atoms with Crippen LogP contribution in [0.15, 0.2) is 60.7 Å². The minimum atomic E-state index is -1.14. The minimum Gasteiger partial charge on any atom is -0.508 e. The molecule has 0 unspecified atom stereocenters. The predicted molar refractivity (Wildman–Crippen MR) is 171 cm³/mol. The smallest absolute Gasteiger partial charge is 0.340 e. The van der Waals surface area contributed by atoms with Crippen LogP contribution in [-0.4, -0.2) is 16.2 Å². The van der Waals surface area contributed by atoms with E-state index in [4.69, 9.17) is 4.74 Å². The standard InChI is InChI=1S/C38H50O4/c1-3-5-7-9-11-13-15-19-29-27-31(39)23-25-34(29)38(36-22-18-17-21-33(36)37(41)42-38)35-26-24-32(40)28-30(35)20-16-14-12-10-8-6-4-2/h17-18,21-28,39-40H,3-16,19-20H2,1-2H3. The third-order valence-electron chi connectivity index (χ3n) is 8.81. The Morgan fingerprint density at radius 2 is 1.02 bits per heavy atom. The predicted octanol–water partition coefficient (Wildman–Crippen LogP) is 10.1. The molecule has 0 saturated heterocycles. The van der Waals surface area contributed by atoms with Crippen LogP contribution < -0.4 is 0 Å². The van der Waals surface area contributed by atoms with Crippen LogP contribution in [0.2, 0.25) is 0 Å². The fourth-order valence-electron chi connectivity index (χ4n) is 6.57. The molecule has 3 aromatic rings. The molecule has 4 nitrogen and oxygen atoms in total. The molecule has 2 N–H and O–H groups in total. The van der Waals surface area contributed by atoms with Gasteiger partial charge in [-0.15, -0.1) is 0 Å². The Bertz CT molecular complexity index is 1230. The van der Waals surface area contributed by atoms with Gasteiger partial charge in [0.2, 0.25) is 0 Å². The summed E-state index contributed by atoms with van der Waals surface area (Å²) in [5.74, 6) is 0.104. The van der Waals surface area contributed by atoms with Gasteiger partial charge in [-0.1, -0.05) is 121 Å². The van der Waals surface area contributed by atoms with Gasteiger partial charge in [0.05, 0.1) is 5.56 Å². The Hall–Kier alpha value is -3.27. The molecular weight excluding hydrogens is 520 g/mol. The molecule has 0 bridgehead atoms. The number of aromatic hydroxyl groups is 2. The maximum absolute atomic E-state index is 13.4. The maximum Gasteiger partial charge on any atom is 0.340 e. The summed E-state index contributed by atoms with van der Waals surface area (Å²) in [7, 11) is 0. The third-order valence-corrected chi connectivity index (χ3v) is 8.81. The van der Waals surface area contributed by atoms with Crippen molar-refractivity contribution < 1.29 is 19.7 Å². The van der Waals surface area contributed by atoms with Gasteiger partial charge in [-0.2, -0.15) is 0 Å². The summed E-state index contributed by atoms with van der Waals surface area (Å²) in [4.78, 5) is 13.4. The monoisotopic (exact) mass is 570 g/mol. The fourth-order valence-corrected chi connectivity index (χ4v) is 6.57. The van der Waals surface area contributed by atoms with Crippen LogP contribution in [0.25, 0.3) is 0 Å². The van der Waals surface area contributed by atoms with Crippen LogP contribution in [0, 0.1) is 0 Å². The van der Waals surface area contributed by atoms with Gasteiger partial charge in [0, 0.05) is 16.7 Å². The van der Waals surface area contributed by atoms with E-state index in [1.807, 2.05) is 48.5 Å². The maximum atomic E-state index is 13.4. The van der Waals surface area contributed by atoms with Gasteiger partial charge in [0.25, 0.3) is 0 Å². The van der Waals surface area contributed by atoms with Crippen molar-refractivity contribution in [3.8, 4) is 11.5 Å². The Morgan fingerprint density at radius 3 is 1.52 bits per heavy atom. The number of rotatable bonds is 18. The number of carbonyl (C=O) groups is 1. The number of benzene rings is 3. The number of cyclic esters (lactones) is 1. The first-order valence-corrected chi connectivity index (χ1v) is 16.5. The molecule has 0 radical (unpaired) electrons. The second kappa shape index (κ2) is 15.8. The highest BCUT2D eigenvalue weighted by molar-refractivity contribution is 5.96. The lowest BCUT2D eigenvalue weighted by molar-refractivity contribution is 0.0246. The summed E-state index contributed by atoms with van der Waals surface area (Å²) in [6.45, 7) is 4.47. The zero-order chi connectivity index (χ0) is 29.8. The van der Waals surface area contributed by atoms with Crippen molar-refractivity contribution in [1.29, 1.82) is 0 Å². The molecule has 0 aromatic heterocycles. The molecule has 1 heterocycles. The zero-order valence-corrected chi connectivity index (χ0v) is 25.8. The highest BCUT2D eigenvalue weighted by Gasteiger charge is 2.50. The van der Waals surface area contributed by atoms with Crippen molar-refractivity contribution in [1.82, 2.24) is 0 Å². The van der Waals surface area contributed by atoms with E-state index < -0.39 is 5.60 Å². The van der Waals surface area contributed by atoms with Crippen LogP contribution in [0.1, 0.15) is 142 Å². The fraction of sp³-hybridized carbons (Fsp3) is 0.500. The molecular formula is C38H50O4. The molecule has 1 aliphatic heterocycles. The second-order valence-corrected chi connectivity index (χ2v) is 12.0. The largest absolute Gasteiger partial charge is 0.508 e. The SMILES string of the molecule is CCCCCCCCCc1cc(O)ccc1C1(c2ccc(O)cc2CCCCCCCCC)OC(=O)c2ccccc21. The van der Waals surface area contributed by atoms with Crippen molar-refractivity contribution in [3.05, 3.63) is 94.0 Å². The van der Waals surface area contributed by atoms with Gasteiger partial charge in [0.15, 0.2) is 5.60 Å². The molecule has 0 saturated carbocycles. The van der Waals surface area contributed by atoms with E-state index in [0.717, 1.165) is 66.3 Å². The van der Waals surface area contributed by atoms with Crippen molar-refractivity contribution in [2.45, 2.75) is 122 Å². The van der Waals surface area contributed by atoms with E-state index in [0.29, 0.717) is 5.56 Å². The summed E-state index contributed by atoms with van der Waals surface area (Å²) >= 11 is 0. The van der Waals surface area contributed by atoms with Crippen LogP contribution >= 0.6 is 0 Å². The second-order valence-electron chi connectivity index (χ2n) is 12.0. The van der Waals surface area contributed by atoms with Crippen molar-refractivity contribution in [2.24, 2.45) is 0 Å². The normalized spacial score (nSPS) is 13.7. The highest BCUT2D eigenvalue weighted by Crippen LogP contribution is 2.50. The number of fused-ring (bicyclic) bond motifs is 1. The summed E-state index contributed by atoms with van der Waals surface area (Å²) in [6, 6.07) is 18.6. The van der Waals surface area contributed by atoms with E-state index >= 15 is 0 Å². The van der Waals surface area contributed by atoms with Crippen molar-refractivity contribution in [3.63, 3.8) is 0 Å². The number of phenolic OH excluding ortho intramolecular Hbond substituents is 2. The van der Waals surface area contributed by atoms with Crippen molar-refractivity contribution >= 4 is 5.97 Å². The lowest BCUT2D eigenvalue weighted by atomic mass is 9.75. The number of carbonyl (C=O) groups excluding carboxylic acids is 1. The molecule has 0 amide bonds. The number of ether oxygens (including phenoxy) is 1. The molecule has 42 heavy (non-hydrogen) atoms. The van der Waals surface area contributed by atoms with Gasteiger partial charge in [0.1, 0.15) is 11.5 Å². The minimum absolute atomic E-state index is 0.221. The molecule has 0 aliphatic carbocycles. The van der Waals surface area contributed by atoms with Crippen LogP contribution in [0.3, 0.4) is 0 Å². The van der Waals surface area contributed by atoms with Gasteiger partial charge in [-0.3, -0.25) is 0 Å². The summed E-state index contributed by atoms with van der Waals surface area (Å²) < 4.78 is 6.49. The molecule has 0 spiro atoms. The van der Waals surface area contributed by atoms with E-state index in [1.54, 1.807) is 12.1 Å². The van der Waals surface area contributed by atoms with Crippen LogP contribution in [-0.2, 0) is 23.2 Å². The topological polar surface area (TPSA) is 66.8 Å². The highest BCUT2D eigenvalue weighted by atomic mass is 16.6. The molecule has 4 heteroatoms. The van der Waals surface area contributed by atoms with Gasteiger partial charge >= 0.3 is 5.97 Å². The first kappa shape index (κ1) is 31.7. The number of aryl methyl sites for hydroxylation is 2. The summed E-state index contributed by atoms with van der Waals surface area (Å²) in [5, 5.41) is 21.1. The van der Waals surface area contributed by atoms with Gasteiger partial charge in [-0.05, 0) is 67.1 Å². The van der Waals surface area contributed by atoms with E-state index in [2.05, 4.69) is 13.8 Å². The number of hydrogen-bond acceptors (Lipinski definition) is 4. The Morgan fingerprint density at radius 1 is 0.571 bits per heavy atom. The number of hydrogen-bond donors (Lipinski definition) is 2. The van der Waals surface area contributed by atoms with Crippen molar-refractivity contribution in [2.75, 3.05) is 0 Å². The van der Waals surface area contributed by atoms with E-state index in [1.165, 1.54) is 64.2 Å². The molecule has 0 fully saturated rings. The molecule has 4 rings (SSSR count). The number of phenols is 2. The average molecular weight is 571 g/mol. The summed E-state index contributed by atoms with van der Waals surface area (Å²) in [5.41, 5.74) is 4.07. The van der Waals surface area contributed by atoms with Crippen LogP contribution in [0.4, 0.5) is 0 Å². The Kier molecular flexibility index (Phi) is 11.9. The lowest BCUT2D eigenvalue weighted by Crippen LogP contribution is -2.32. The Labute approximate surface area is 253 Å². The molecule has 3 aromatic carbocycles. The van der Waals surface area contributed by atoms with Crippen LogP contribution in [0.5, 0.6) is 11.5 Å². The van der Waals surface area contributed by atoms with E-state index in [9.17, 15) is 15.0 Å². The molecule has 1 aliphatic rings. The zero-order valence-electron chi connectivity index (χ0n) is 25.8. The lowest BCUT2D eigenvalue weighted by Gasteiger charge is -2.34.